The van der Waals surface area contributed by atoms with E-state index < -0.39 is 0 Å². The smallest absolute Gasteiger partial charge is 0.258 e. The highest BCUT2D eigenvalue weighted by molar-refractivity contribution is 7.99. The van der Waals surface area contributed by atoms with Crippen molar-refractivity contribution in [1.29, 1.82) is 0 Å². The number of anilines is 1. The minimum Gasteiger partial charge on any atom is -0.341 e. The summed E-state index contributed by atoms with van der Waals surface area (Å²) in [5.41, 5.74) is 1.61. The van der Waals surface area contributed by atoms with Crippen molar-refractivity contribution in [3.63, 3.8) is 0 Å². The van der Waals surface area contributed by atoms with E-state index in [0.717, 1.165) is 29.9 Å². The number of para-hydroxylation sites is 2. The quantitative estimate of drug-likeness (QED) is 0.473. The molecule has 4 aromatic rings. The second kappa shape index (κ2) is 8.55. The third kappa shape index (κ3) is 3.95. The third-order valence-corrected chi connectivity index (χ3v) is 6.62. The fraction of sp³-hybridized carbons (Fsp3) is 0.304. The summed E-state index contributed by atoms with van der Waals surface area (Å²) < 4.78 is 2.12. The van der Waals surface area contributed by atoms with Crippen molar-refractivity contribution in [1.82, 2.24) is 24.7 Å². The molecule has 1 N–H and O–H groups in total. The van der Waals surface area contributed by atoms with E-state index >= 15 is 0 Å². The van der Waals surface area contributed by atoms with Gasteiger partial charge in [0.25, 0.3) is 5.56 Å². The number of thioether (sulfide) groups is 1. The molecule has 1 fully saturated rings. The Balaban J connectivity index is 1.51. The third-order valence-electron chi connectivity index (χ3n) is 5.57. The average Bonchev–Trinajstić information content (AvgIpc) is 3.23. The van der Waals surface area contributed by atoms with Gasteiger partial charge in [-0.05, 0) is 50.5 Å². The normalized spacial score (nSPS) is 15.3. The molecule has 8 heteroatoms. The number of H-pyrrole nitrogens is 1. The van der Waals surface area contributed by atoms with Gasteiger partial charge in [-0.1, -0.05) is 42.1 Å². The SMILES string of the molecule is CC(Sc1nnc(N2CCCCC2)n1-c1ccccc1)c1nc2ccccc2c(=O)[nH]1. The molecule has 2 aromatic heterocycles. The summed E-state index contributed by atoms with van der Waals surface area (Å²) in [6.07, 6.45) is 3.60. The maximum Gasteiger partial charge on any atom is 0.258 e. The maximum absolute atomic E-state index is 12.5. The van der Waals surface area contributed by atoms with Crippen molar-refractivity contribution in [3.05, 3.63) is 70.8 Å². The van der Waals surface area contributed by atoms with Crippen LogP contribution in [0.15, 0.2) is 64.5 Å². The van der Waals surface area contributed by atoms with Crippen LogP contribution in [0.5, 0.6) is 0 Å². The van der Waals surface area contributed by atoms with Crippen molar-refractivity contribution in [2.24, 2.45) is 0 Å². The molecule has 1 saturated heterocycles. The van der Waals surface area contributed by atoms with E-state index in [1.54, 1.807) is 17.8 Å². The van der Waals surface area contributed by atoms with E-state index in [1.165, 1.54) is 19.3 Å². The molecule has 0 amide bonds. The first kappa shape index (κ1) is 19.8. The van der Waals surface area contributed by atoms with E-state index in [4.69, 9.17) is 0 Å². The highest BCUT2D eigenvalue weighted by atomic mass is 32.2. The molecule has 158 valence electrons. The second-order valence-corrected chi connectivity index (χ2v) is 9.04. The van der Waals surface area contributed by atoms with Crippen molar-refractivity contribution in [3.8, 4) is 5.69 Å². The molecule has 0 radical (unpaired) electrons. The highest BCUT2D eigenvalue weighted by Gasteiger charge is 2.23. The van der Waals surface area contributed by atoms with Crippen LogP contribution in [0.2, 0.25) is 0 Å². The molecule has 1 unspecified atom stereocenters. The summed E-state index contributed by atoms with van der Waals surface area (Å²) in [6.45, 7) is 4.01. The van der Waals surface area contributed by atoms with Gasteiger partial charge >= 0.3 is 0 Å². The van der Waals surface area contributed by atoms with Crippen LogP contribution in [0.3, 0.4) is 0 Å². The fourth-order valence-corrected chi connectivity index (χ4v) is 4.87. The molecule has 0 spiro atoms. The van der Waals surface area contributed by atoms with Crippen molar-refractivity contribution >= 4 is 28.6 Å². The molecule has 7 nitrogen and oxygen atoms in total. The molecule has 0 aliphatic carbocycles. The predicted molar refractivity (Wildman–Crippen MR) is 124 cm³/mol. The Bertz CT molecular complexity index is 1250. The lowest BCUT2D eigenvalue weighted by Crippen LogP contribution is -2.31. The Kier molecular flexibility index (Phi) is 5.46. The van der Waals surface area contributed by atoms with Crippen LogP contribution in [0.4, 0.5) is 5.95 Å². The molecule has 5 rings (SSSR count). The number of nitrogens with zero attached hydrogens (tertiary/aromatic N) is 5. The van der Waals surface area contributed by atoms with Crippen LogP contribution in [0.1, 0.15) is 37.3 Å². The Hall–Kier alpha value is -3.13. The number of aromatic amines is 1. The van der Waals surface area contributed by atoms with Gasteiger partial charge in [-0.25, -0.2) is 4.98 Å². The molecule has 1 atom stereocenters. The molecular formula is C23H24N6OS. The van der Waals surface area contributed by atoms with Gasteiger partial charge < -0.3 is 9.88 Å². The van der Waals surface area contributed by atoms with E-state index in [2.05, 4.69) is 41.8 Å². The van der Waals surface area contributed by atoms with E-state index in [0.29, 0.717) is 16.7 Å². The highest BCUT2D eigenvalue weighted by Crippen LogP contribution is 2.36. The molecule has 31 heavy (non-hydrogen) atoms. The summed E-state index contributed by atoms with van der Waals surface area (Å²) in [4.78, 5) is 22.5. The maximum atomic E-state index is 12.5. The number of benzene rings is 2. The van der Waals surface area contributed by atoms with Crippen molar-refractivity contribution < 1.29 is 0 Å². The lowest BCUT2D eigenvalue weighted by molar-refractivity contribution is 0.564. The summed E-state index contributed by atoms with van der Waals surface area (Å²) in [5, 5.41) is 10.4. The number of aromatic nitrogens is 5. The van der Waals surface area contributed by atoms with Gasteiger partial charge in [0.15, 0.2) is 5.16 Å². The zero-order chi connectivity index (χ0) is 21.2. The number of piperidine rings is 1. The van der Waals surface area contributed by atoms with Gasteiger partial charge in [0.2, 0.25) is 5.95 Å². The zero-order valence-electron chi connectivity index (χ0n) is 17.4. The van der Waals surface area contributed by atoms with E-state index in [1.807, 2.05) is 43.3 Å². The van der Waals surface area contributed by atoms with Gasteiger partial charge in [0.05, 0.1) is 21.8 Å². The van der Waals surface area contributed by atoms with Crippen LogP contribution >= 0.6 is 11.8 Å². The lowest BCUT2D eigenvalue weighted by Gasteiger charge is -2.28. The minimum atomic E-state index is -0.119. The summed E-state index contributed by atoms with van der Waals surface area (Å²) in [6, 6.07) is 17.6. The van der Waals surface area contributed by atoms with Crippen molar-refractivity contribution in [2.45, 2.75) is 36.6 Å². The summed E-state index contributed by atoms with van der Waals surface area (Å²) in [5.74, 6) is 1.51. The monoisotopic (exact) mass is 432 g/mol. The molecule has 2 aromatic carbocycles. The molecule has 3 heterocycles. The fourth-order valence-electron chi connectivity index (χ4n) is 3.95. The molecule has 1 aliphatic rings. The lowest BCUT2D eigenvalue weighted by atomic mass is 10.1. The van der Waals surface area contributed by atoms with Gasteiger partial charge in [0, 0.05) is 13.1 Å². The van der Waals surface area contributed by atoms with Gasteiger partial charge in [-0.3, -0.25) is 9.36 Å². The standard InChI is InChI=1S/C23H24N6OS/c1-16(20-24-19-13-7-6-12-18(19)21(30)25-20)31-23-27-26-22(28-14-8-3-9-15-28)29(23)17-10-4-2-5-11-17/h2,4-7,10-13,16H,3,8-9,14-15H2,1H3,(H,24,25,30). The first-order valence-electron chi connectivity index (χ1n) is 10.6. The first-order valence-corrected chi connectivity index (χ1v) is 11.5. The molecular weight excluding hydrogens is 408 g/mol. The number of nitrogens with one attached hydrogen (secondary N) is 1. The van der Waals surface area contributed by atoms with Gasteiger partial charge in [-0.15, -0.1) is 10.2 Å². The van der Waals surface area contributed by atoms with Crippen LogP contribution in [-0.4, -0.2) is 37.8 Å². The van der Waals surface area contributed by atoms with Crippen LogP contribution in [-0.2, 0) is 0 Å². The van der Waals surface area contributed by atoms with Gasteiger partial charge in [-0.2, -0.15) is 0 Å². The van der Waals surface area contributed by atoms with Crippen LogP contribution < -0.4 is 10.5 Å². The molecule has 0 saturated carbocycles. The first-order chi connectivity index (χ1) is 15.2. The van der Waals surface area contributed by atoms with Crippen LogP contribution in [0, 0.1) is 0 Å². The second-order valence-electron chi connectivity index (χ2n) is 7.73. The molecule has 1 aliphatic heterocycles. The van der Waals surface area contributed by atoms with E-state index in [-0.39, 0.29) is 10.8 Å². The number of hydrogen-bond donors (Lipinski definition) is 1. The van der Waals surface area contributed by atoms with Gasteiger partial charge in [0.1, 0.15) is 5.82 Å². The van der Waals surface area contributed by atoms with E-state index in [9.17, 15) is 4.79 Å². The Morgan fingerprint density at radius 3 is 2.52 bits per heavy atom. The Morgan fingerprint density at radius 1 is 0.968 bits per heavy atom. The minimum absolute atomic E-state index is 0.0989. The Morgan fingerprint density at radius 2 is 1.71 bits per heavy atom. The zero-order valence-corrected chi connectivity index (χ0v) is 18.2. The predicted octanol–water partition coefficient (Wildman–Crippen LogP) is 4.35. The number of hydrogen-bond acceptors (Lipinski definition) is 6. The van der Waals surface area contributed by atoms with Crippen LogP contribution in [0.25, 0.3) is 16.6 Å². The number of fused-ring (bicyclic) bond motifs is 1. The summed E-state index contributed by atoms with van der Waals surface area (Å²) >= 11 is 1.55. The number of rotatable bonds is 5. The summed E-state index contributed by atoms with van der Waals surface area (Å²) in [7, 11) is 0. The average molecular weight is 433 g/mol. The Labute approximate surface area is 184 Å². The molecule has 0 bridgehead atoms. The van der Waals surface area contributed by atoms with Crippen molar-refractivity contribution in [2.75, 3.05) is 18.0 Å². The largest absolute Gasteiger partial charge is 0.341 e. The topological polar surface area (TPSA) is 79.7 Å².